The highest BCUT2D eigenvalue weighted by Crippen LogP contribution is 2.26. The fourth-order valence-corrected chi connectivity index (χ4v) is 3.64. The first kappa shape index (κ1) is 17.2. The minimum Gasteiger partial charge on any atom is -0.327 e. The van der Waals surface area contributed by atoms with Gasteiger partial charge in [0.25, 0.3) is 5.91 Å². The topological polar surface area (TPSA) is 62.3 Å². The highest BCUT2D eigenvalue weighted by Gasteiger charge is 2.35. The van der Waals surface area contributed by atoms with Crippen molar-refractivity contribution in [1.29, 1.82) is 0 Å². The molecule has 2 heterocycles. The van der Waals surface area contributed by atoms with E-state index in [2.05, 4.69) is 10.3 Å². The third kappa shape index (κ3) is 3.55. The summed E-state index contributed by atoms with van der Waals surface area (Å²) in [6.45, 7) is 2.46. The Kier molecular flexibility index (Phi) is 5.08. The smallest absolute Gasteiger partial charge is 0.254 e. The molecule has 1 unspecified atom stereocenters. The Morgan fingerprint density at radius 1 is 1.33 bits per heavy atom. The van der Waals surface area contributed by atoms with Crippen LogP contribution in [0.15, 0.2) is 24.4 Å². The lowest BCUT2D eigenvalue weighted by atomic mass is 10.1. The molecule has 0 radical (unpaired) electrons. The normalized spacial score (nSPS) is 17.1. The van der Waals surface area contributed by atoms with Crippen molar-refractivity contribution in [2.24, 2.45) is 0 Å². The van der Waals surface area contributed by atoms with Crippen molar-refractivity contribution in [3.8, 4) is 0 Å². The maximum atomic E-state index is 12.7. The molecule has 0 bridgehead atoms. The standard InChI is InChI=1S/C16H15Cl2N3O2S/c1-9-8-19-16(24-9)20-14(22)13-3-2-6-21(13)15(23)10-4-5-11(17)12(18)7-10/h4-5,7-8,13H,2-3,6H2,1H3,(H,19,20,22). The van der Waals surface area contributed by atoms with Gasteiger partial charge < -0.3 is 10.2 Å². The number of nitrogens with zero attached hydrogens (tertiary/aromatic N) is 2. The molecule has 0 saturated carbocycles. The van der Waals surface area contributed by atoms with E-state index in [-0.39, 0.29) is 11.8 Å². The van der Waals surface area contributed by atoms with Crippen LogP contribution in [0.4, 0.5) is 5.13 Å². The molecule has 3 rings (SSSR count). The number of halogens is 2. The zero-order valence-corrected chi connectivity index (χ0v) is 15.2. The predicted octanol–water partition coefficient (Wildman–Crippen LogP) is 4.00. The summed E-state index contributed by atoms with van der Waals surface area (Å²) in [5.41, 5.74) is 0.425. The molecule has 126 valence electrons. The Balaban J connectivity index is 1.75. The van der Waals surface area contributed by atoms with E-state index in [0.717, 1.165) is 11.3 Å². The summed E-state index contributed by atoms with van der Waals surface area (Å²) in [5.74, 6) is -0.434. The highest BCUT2D eigenvalue weighted by molar-refractivity contribution is 7.15. The summed E-state index contributed by atoms with van der Waals surface area (Å²) in [6.07, 6.45) is 3.11. The van der Waals surface area contributed by atoms with E-state index in [9.17, 15) is 9.59 Å². The van der Waals surface area contributed by atoms with Gasteiger partial charge in [0, 0.05) is 23.2 Å². The number of carbonyl (C=O) groups excluding carboxylic acids is 2. The lowest BCUT2D eigenvalue weighted by Crippen LogP contribution is -2.43. The molecule has 1 saturated heterocycles. The van der Waals surface area contributed by atoms with Gasteiger partial charge in [-0.1, -0.05) is 23.2 Å². The van der Waals surface area contributed by atoms with Crippen molar-refractivity contribution < 1.29 is 9.59 Å². The average molecular weight is 384 g/mol. The molecule has 8 heteroatoms. The minimum atomic E-state index is -0.504. The zero-order chi connectivity index (χ0) is 17.3. The summed E-state index contributed by atoms with van der Waals surface area (Å²) < 4.78 is 0. The Bertz CT molecular complexity index is 793. The number of aromatic nitrogens is 1. The quantitative estimate of drug-likeness (QED) is 0.870. The lowest BCUT2D eigenvalue weighted by molar-refractivity contribution is -0.119. The Hall–Kier alpha value is -1.63. The van der Waals surface area contributed by atoms with Crippen molar-refractivity contribution in [3.63, 3.8) is 0 Å². The van der Waals surface area contributed by atoms with Crippen molar-refractivity contribution in [3.05, 3.63) is 44.9 Å². The number of hydrogen-bond acceptors (Lipinski definition) is 4. The molecular formula is C16H15Cl2N3O2S. The van der Waals surface area contributed by atoms with Gasteiger partial charge in [-0.15, -0.1) is 11.3 Å². The number of carbonyl (C=O) groups is 2. The Morgan fingerprint density at radius 3 is 2.79 bits per heavy atom. The molecule has 1 aliphatic heterocycles. The van der Waals surface area contributed by atoms with E-state index in [0.29, 0.717) is 33.7 Å². The van der Waals surface area contributed by atoms with Crippen LogP contribution < -0.4 is 5.32 Å². The maximum absolute atomic E-state index is 12.7. The van der Waals surface area contributed by atoms with Gasteiger partial charge in [0.2, 0.25) is 5.91 Å². The van der Waals surface area contributed by atoms with Gasteiger partial charge in [0.05, 0.1) is 10.0 Å². The summed E-state index contributed by atoms with van der Waals surface area (Å²) in [5, 5.41) is 4.05. The molecule has 2 aromatic rings. The second-order valence-electron chi connectivity index (χ2n) is 5.55. The fourth-order valence-electron chi connectivity index (χ4n) is 2.68. The molecule has 1 N–H and O–H groups in total. The van der Waals surface area contributed by atoms with Crippen molar-refractivity contribution in [1.82, 2.24) is 9.88 Å². The first-order valence-electron chi connectivity index (χ1n) is 7.45. The zero-order valence-electron chi connectivity index (χ0n) is 12.9. The average Bonchev–Trinajstić information content (AvgIpc) is 3.18. The summed E-state index contributed by atoms with van der Waals surface area (Å²) in [6, 6.07) is 4.23. The Labute approximate surface area is 153 Å². The van der Waals surface area contributed by atoms with Gasteiger partial charge in [-0.05, 0) is 38.0 Å². The van der Waals surface area contributed by atoms with Crippen LogP contribution in [-0.4, -0.2) is 34.3 Å². The van der Waals surface area contributed by atoms with E-state index >= 15 is 0 Å². The SMILES string of the molecule is Cc1cnc(NC(=O)C2CCCN2C(=O)c2ccc(Cl)c(Cl)c2)s1. The van der Waals surface area contributed by atoms with E-state index in [1.807, 2.05) is 6.92 Å². The van der Waals surface area contributed by atoms with Crippen LogP contribution in [0, 0.1) is 6.92 Å². The molecule has 24 heavy (non-hydrogen) atoms. The summed E-state index contributed by atoms with van der Waals surface area (Å²) in [4.78, 5) is 31.9. The summed E-state index contributed by atoms with van der Waals surface area (Å²) in [7, 11) is 0. The van der Waals surface area contributed by atoms with Gasteiger partial charge in [0.15, 0.2) is 5.13 Å². The molecule has 0 spiro atoms. The van der Waals surface area contributed by atoms with Gasteiger partial charge in [-0.25, -0.2) is 4.98 Å². The number of nitrogens with one attached hydrogen (secondary N) is 1. The van der Waals surface area contributed by atoms with Crippen molar-refractivity contribution >= 4 is 51.5 Å². The number of rotatable bonds is 3. The molecule has 1 atom stereocenters. The first-order valence-corrected chi connectivity index (χ1v) is 9.02. The second kappa shape index (κ2) is 7.09. The first-order chi connectivity index (χ1) is 11.5. The van der Waals surface area contributed by atoms with Gasteiger partial charge in [-0.2, -0.15) is 0 Å². The van der Waals surface area contributed by atoms with Crippen molar-refractivity contribution in [2.45, 2.75) is 25.8 Å². The van der Waals surface area contributed by atoms with Crippen LogP contribution in [-0.2, 0) is 4.79 Å². The molecule has 5 nitrogen and oxygen atoms in total. The molecular weight excluding hydrogens is 369 g/mol. The van der Waals surface area contributed by atoms with Crippen molar-refractivity contribution in [2.75, 3.05) is 11.9 Å². The van der Waals surface area contributed by atoms with Gasteiger partial charge >= 0.3 is 0 Å². The van der Waals surface area contributed by atoms with E-state index in [4.69, 9.17) is 23.2 Å². The van der Waals surface area contributed by atoms with Crippen LogP contribution in [0.2, 0.25) is 10.0 Å². The largest absolute Gasteiger partial charge is 0.327 e. The van der Waals surface area contributed by atoms with Crippen LogP contribution in [0.25, 0.3) is 0 Å². The molecule has 1 aliphatic rings. The van der Waals surface area contributed by atoms with E-state index in [1.165, 1.54) is 17.4 Å². The molecule has 0 aliphatic carbocycles. The second-order valence-corrected chi connectivity index (χ2v) is 7.60. The molecule has 1 aromatic heterocycles. The van der Waals surface area contributed by atoms with E-state index < -0.39 is 6.04 Å². The number of thiazole rings is 1. The third-order valence-electron chi connectivity index (χ3n) is 3.83. The van der Waals surface area contributed by atoms with E-state index in [1.54, 1.807) is 23.2 Å². The summed E-state index contributed by atoms with van der Waals surface area (Å²) >= 11 is 13.3. The van der Waals surface area contributed by atoms with Crippen LogP contribution in [0.1, 0.15) is 28.1 Å². The number of amides is 2. The highest BCUT2D eigenvalue weighted by atomic mass is 35.5. The number of anilines is 1. The Morgan fingerprint density at radius 2 is 2.12 bits per heavy atom. The van der Waals surface area contributed by atoms with Crippen LogP contribution in [0.5, 0.6) is 0 Å². The molecule has 1 aromatic carbocycles. The monoisotopic (exact) mass is 383 g/mol. The third-order valence-corrected chi connectivity index (χ3v) is 5.40. The van der Waals surface area contributed by atoms with Crippen LogP contribution >= 0.6 is 34.5 Å². The molecule has 1 fully saturated rings. The fraction of sp³-hybridized carbons (Fsp3) is 0.312. The number of hydrogen-bond donors (Lipinski definition) is 1. The predicted molar refractivity (Wildman–Crippen MR) is 96.0 cm³/mol. The number of benzene rings is 1. The van der Waals surface area contributed by atoms with Gasteiger partial charge in [0.1, 0.15) is 6.04 Å². The maximum Gasteiger partial charge on any atom is 0.254 e. The van der Waals surface area contributed by atoms with Crippen LogP contribution in [0.3, 0.4) is 0 Å². The minimum absolute atomic E-state index is 0.213. The lowest BCUT2D eigenvalue weighted by Gasteiger charge is -2.23. The molecule has 2 amide bonds. The van der Waals surface area contributed by atoms with Gasteiger partial charge in [-0.3, -0.25) is 9.59 Å². The number of aryl methyl sites for hydroxylation is 1. The number of likely N-dealkylation sites (tertiary alicyclic amines) is 1.